The highest BCUT2D eigenvalue weighted by Crippen LogP contribution is 2.26. The number of benzene rings is 2. The normalized spacial score (nSPS) is 10.8. The largest absolute Gasteiger partial charge is 0.318 e. The number of H-pyrrole nitrogens is 1. The predicted molar refractivity (Wildman–Crippen MR) is 87.1 cm³/mol. The lowest BCUT2D eigenvalue weighted by molar-refractivity contribution is -0.383. The number of hydrogen-bond acceptors (Lipinski definition) is 4. The molecule has 0 radical (unpaired) electrons. The maximum atomic E-state index is 14.2. The van der Waals surface area contributed by atoms with Crippen LogP contribution in [0.4, 0.5) is 10.1 Å². The van der Waals surface area contributed by atoms with Gasteiger partial charge in [-0.2, -0.15) is 0 Å². The first-order valence-corrected chi connectivity index (χ1v) is 7.18. The molecule has 0 amide bonds. The van der Waals surface area contributed by atoms with Crippen LogP contribution in [0, 0.1) is 19.5 Å². The molecule has 22 heavy (non-hydrogen) atoms. The smallest absolute Gasteiger partial charge is 0.296 e. The Morgan fingerprint density at radius 2 is 1.95 bits per heavy atom. The molecule has 0 aliphatic carbocycles. The van der Waals surface area contributed by atoms with E-state index in [-0.39, 0.29) is 28.0 Å². The van der Waals surface area contributed by atoms with Crippen molar-refractivity contribution in [3.8, 4) is 11.3 Å². The third-order valence-corrected chi connectivity index (χ3v) is 3.94. The van der Waals surface area contributed by atoms with Crippen LogP contribution in [0.25, 0.3) is 22.3 Å². The number of fused-ring (bicyclic) bond motifs is 1. The van der Waals surface area contributed by atoms with Gasteiger partial charge in [-0.3, -0.25) is 14.9 Å². The van der Waals surface area contributed by atoms with Gasteiger partial charge < -0.3 is 4.98 Å². The summed E-state index contributed by atoms with van der Waals surface area (Å²) >= 11 is 1.80. The van der Waals surface area contributed by atoms with E-state index in [0.717, 1.165) is 0 Å². The molecule has 0 saturated heterocycles. The minimum atomic E-state index is -0.603. The Balaban J connectivity index is 2.38. The zero-order chi connectivity index (χ0) is 15.9. The summed E-state index contributed by atoms with van der Waals surface area (Å²) < 4.78 is 14.5. The Hall–Kier alpha value is -2.36. The SMILES string of the molecule is O=c1[nH]c2cccc([N+](=O)[O-])c2nc1-c1cccc(I)c1F. The first-order valence-electron chi connectivity index (χ1n) is 6.11. The molecule has 110 valence electrons. The van der Waals surface area contributed by atoms with Crippen LogP contribution in [0.15, 0.2) is 41.2 Å². The summed E-state index contributed by atoms with van der Waals surface area (Å²) in [5.74, 6) is -0.584. The molecule has 1 aromatic heterocycles. The van der Waals surface area contributed by atoms with Crippen molar-refractivity contribution in [1.82, 2.24) is 9.97 Å². The lowest BCUT2D eigenvalue weighted by Crippen LogP contribution is -2.13. The van der Waals surface area contributed by atoms with Gasteiger partial charge in [0.25, 0.3) is 11.2 Å². The molecule has 3 aromatic rings. The van der Waals surface area contributed by atoms with Gasteiger partial charge in [0, 0.05) is 15.2 Å². The van der Waals surface area contributed by atoms with E-state index in [1.165, 1.54) is 24.3 Å². The first kappa shape index (κ1) is 14.6. The lowest BCUT2D eigenvalue weighted by Gasteiger charge is -2.05. The molecule has 0 aliphatic heterocycles. The van der Waals surface area contributed by atoms with Gasteiger partial charge in [-0.25, -0.2) is 9.37 Å². The fraction of sp³-hybridized carbons (Fsp3) is 0. The summed E-state index contributed by atoms with van der Waals surface area (Å²) in [6.45, 7) is 0. The molecule has 2 aromatic carbocycles. The highest BCUT2D eigenvalue weighted by Gasteiger charge is 2.18. The monoisotopic (exact) mass is 411 g/mol. The van der Waals surface area contributed by atoms with E-state index in [9.17, 15) is 19.3 Å². The Kier molecular flexibility index (Phi) is 3.61. The lowest BCUT2D eigenvalue weighted by atomic mass is 10.1. The molecule has 0 fully saturated rings. The van der Waals surface area contributed by atoms with Crippen LogP contribution >= 0.6 is 22.6 Å². The number of nitrogens with one attached hydrogen (secondary N) is 1. The quantitative estimate of drug-likeness (QED) is 0.399. The van der Waals surface area contributed by atoms with Gasteiger partial charge in [0.1, 0.15) is 11.5 Å². The summed E-state index contributed by atoms with van der Waals surface area (Å²) in [5.41, 5.74) is -0.782. The number of nitrogens with zero attached hydrogens (tertiary/aromatic N) is 2. The van der Waals surface area contributed by atoms with Crippen molar-refractivity contribution in [2.75, 3.05) is 0 Å². The molecule has 6 nitrogen and oxygen atoms in total. The van der Waals surface area contributed by atoms with E-state index in [1.807, 2.05) is 0 Å². The van der Waals surface area contributed by atoms with E-state index in [0.29, 0.717) is 3.57 Å². The van der Waals surface area contributed by atoms with Crippen molar-refractivity contribution in [2.24, 2.45) is 0 Å². The highest BCUT2D eigenvalue weighted by molar-refractivity contribution is 14.1. The fourth-order valence-electron chi connectivity index (χ4n) is 2.11. The number of aromatic amines is 1. The van der Waals surface area contributed by atoms with Crippen molar-refractivity contribution in [2.45, 2.75) is 0 Å². The van der Waals surface area contributed by atoms with Crippen LogP contribution in [0.3, 0.4) is 0 Å². The third kappa shape index (κ3) is 2.34. The van der Waals surface area contributed by atoms with Crippen molar-refractivity contribution < 1.29 is 9.31 Å². The summed E-state index contributed by atoms with van der Waals surface area (Å²) in [7, 11) is 0. The van der Waals surface area contributed by atoms with Crippen LogP contribution in [0.2, 0.25) is 0 Å². The van der Waals surface area contributed by atoms with Gasteiger partial charge >= 0.3 is 0 Å². The Morgan fingerprint density at radius 1 is 1.23 bits per heavy atom. The number of halogens is 2. The topological polar surface area (TPSA) is 88.9 Å². The molecule has 0 atom stereocenters. The average molecular weight is 411 g/mol. The van der Waals surface area contributed by atoms with Gasteiger partial charge in [-0.1, -0.05) is 12.1 Å². The summed E-state index contributed by atoms with van der Waals surface area (Å²) in [6, 6.07) is 8.79. The van der Waals surface area contributed by atoms with Gasteiger partial charge in [-0.05, 0) is 40.8 Å². The van der Waals surface area contributed by atoms with E-state index < -0.39 is 16.3 Å². The van der Waals surface area contributed by atoms with Crippen LogP contribution in [-0.4, -0.2) is 14.9 Å². The summed E-state index contributed by atoms with van der Waals surface area (Å²) in [5, 5.41) is 11.1. The second-order valence-corrected chi connectivity index (χ2v) is 5.61. The van der Waals surface area contributed by atoms with Crippen LogP contribution in [0.1, 0.15) is 0 Å². The highest BCUT2D eigenvalue weighted by atomic mass is 127. The predicted octanol–water partition coefficient (Wildman–Crippen LogP) is 3.24. The second kappa shape index (κ2) is 5.44. The maximum absolute atomic E-state index is 14.2. The summed E-state index contributed by atoms with van der Waals surface area (Å²) in [6.07, 6.45) is 0. The number of hydrogen-bond donors (Lipinski definition) is 1. The van der Waals surface area contributed by atoms with Crippen molar-refractivity contribution in [3.05, 3.63) is 66.3 Å². The molecule has 0 unspecified atom stereocenters. The molecule has 0 bridgehead atoms. The Morgan fingerprint density at radius 3 is 2.68 bits per heavy atom. The van der Waals surface area contributed by atoms with Gasteiger partial charge in [0.15, 0.2) is 5.52 Å². The number of rotatable bonds is 2. The second-order valence-electron chi connectivity index (χ2n) is 4.45. The van der Waals surface area contributed by atoms with Gasteiger partial charge in [0.05, 0.1) is 10.4 Å². The average Bonchev–Trinajstić information content (AvgIpc) is 2.49. The number of nitro groups is 1. The van der Waals surface area contributed by atoms with Gasteiger partial charge in [0.2, 0.25) is 0 Å². The Bertz CT molecular complexity index is 971. The molecule has 1 N–H and O–H groups in total. The van der Waals surface area contributed by atoms with Crippen LogP contribution < -0.4 is 5.56 Å². The molecule has 0 spiro atoms. The fourth-order valence-corrected chi connectivity index (χ4v) is 2.61. The van der Waals surface area contributed by atoms with Gasteiger partial charge in [-0.15, -0.1) is 0 Å². The minimum Gasteiger partial charge on any atom is -0.318 e. The molecule has 8 heteroatoms. The van der Waals surface area contributed by atoms with Crippen molar-refractivity contribution >= 4 is 39.3 Å². The van der Waals surface area contributed by atoms with Crippen LogP contribution in [-0.2, 0) is 0 Å². The number of para-hydroxylation sites is 1. The number of non-ortho nitro benzene ring substituents is 1. The maximum Gasteiger partial charge on any atom is 0.296 e. The zero-order valence-electron chi connectivity index (χ0n) is 10.8. The van der Waals surface area contributed by atoms with Crippen molar-refractivity contribution in [1.29, 1.82) is 0 Å². The van der Waals surface area contributed by atoms with Crippen LogP contribution in [0.5, 0.6) is 0 Å². The Labute approximate surface area is 136 Å². The minimum absolute atomic E-state index is 0.00759. The molecule has 0 aliphatic rings. The van der Waals surface area contributed by atoms with E-state index in [1.54, 1.807) is 34.7 Å². The molecule has 1 heterocycles. The number of nitro benzene ring substituents is 1. The zero-order valence-corrected chi connectivity index (χ0v) is 13.0. The molecular weight excluding hydrogens is 404 g/mol. The van der Waals surface area contributed by atoms with E-state index >= 15 is 0 Å². The van der Waals surface area contributed by atoms with Crippen molar-refractivity contribution in [3.63, 3.8) is 0 Å². The summed E-state index contributed by atoms with van der Waals surface area (Å²) in [4.78, 5) is 29.1. The first-order chi connectivity index (χ1) is 10.5. The third-order valence-electron chi connectivity index (χ3n) is 3.11. The number of aromatic nitrogens is 2. The standard InChI is InChI=1S/C14H7FIN3O3/c15-11-7(3-1-4-8(11)16)12-14(20)17-9-5-2-6-10(19(21)22)13(9)18-12/h1-6H,(H,17,20). The molecular formula is C14H7FIN3O3. The van der Waals surface area contributed by atoms with E-state index in [4.69, 9.17) is 0 Å². The molecule has 3 rings (SSSR count). The van der Waals surface area contributed by atoms with E-state index in [2.05, 4.69) is 9.97 Å². The molecule has 0 saturated carbocycles.